The first-order valence-electron chi connectivity index (χ1n) is 7.10. The fraction of sp³-hybridized carbons (Fsp3) is 0.353. The van der Waals surface area contributed by atoms with Gasteiger partial charge in [0.2, 0.25) is 5.91 Å². The summed E-state index contributed by atoms with van der Waals surface area (Å²) in [6, 6.07) is 9.89. The first-order valence-corrected chi connectivity index (χ1v) is 7.98. The molecule has 1 aliphatic carbocycles. The number of thiophene rings is 1. The normalized spacial score (nSPS) is 20.3. The summed E-state index contributed by atoms with van der Waals surface area (Å²) in [5, 5.41) is 13.4. The number of carbonyl (C=O) groups excluding carboxylic acids is 1. The molecular weight excluding hydrogens is 282 g/mol. The van der Waals surface area contributed by atoms with E-state index in [0.29, 0.717) is 0 Å². The molecule has 21 heavy (non-hydrogen) atoms. The van der Waals surface area contributed by atoms with Crippen LogP contribution in [0.25, 0.3) is 0 Å². The van der Waals surface area contributed by atoms with Crippen LogP contribution in [-0.4, -0.2) is 30.0 Å². The van der Waals surface area contributed by atoms with Gasteiger partial charge in [0.15, 0.2) is 0 Å². The Morgan fingerprint density at radius 2 is 2.00 bits per heavy atom. The van der Waals surface area contributed by atoms with Crippen LogP contribution in [0.3, 0.4) is 0 Å². The third-order valence-corrected chi connectivity index (χ3v) is 5.16. The van der Waals surface area contributed by atoms with Gasteiger partial charge in [-0.3, -0.25) is 4.79 Å². The second kappa shape index (κ2) is 5.28. The molecule has 3 rings (SSSR count). The monoisotopic (exact) mass is 301 g/mol. The average molecular weight is 301 g/mol. The van der Waals surface area contributed by atoms with Gasteiger partial charge in [-0.2, -0.15) is 0 Å². The molecule has 0 saturated carbocycles. The van der Waals surface area contributed by atoms with Crippen molar-refractivity contribution in [2.75, 3.05) is 14.1 Å². The van der Waals surface area contributed by atoms with E-state index in [9.17, 15) is 9.90 Å². The Morgan fingerprint density at radius 3 is 2.76 bits per heavy atom. The molecule has 0 spiro atoms. The van der Waals surface area contributed by atoms with Crippen molar-refractivity contribution in [3.05, 3.63) is 57.3 Å². The van der Waals surface area contributed by atoms with Gasteiger partial charge in [0, 0.05) is 24.5 Å². The number of benzene rings is 1. The minimum atomic E-state index is -1.22. The number of hydrogen-bond acceptors (Lipinski definition) is 3. The summed E-state index contributed by atoms with van der Waals surface area (Å²) in [5.74, 6) is -0.0636. The highest BCUT2D eigenvalue weighted by molar-refractivity contribution is 7.10. The smallest absolute Gasteiger partial charge is 0.225 e. The summed E-state index contributed by atoms with van der Waals surface area (Å²) in [6.07, 6.45) is 1.91. The molecule has 0 radical (unpaired) electrons. The van der Waals surface area contributed by atoms with E-state index in [1.165, 1.54) is 9.78 Å². The Bertz CT molecular complexity index is 677. The maximum Gasteiger partial charge on any atom is 0.225 e. The summed E-state index contributed by atoms with van der Waals surface area (Å²) in [6.45, 7) is 0. The van der Waals surface area contributed by atoms with E-state index in [2.05, 4.69) is 6.07 Å². The van der Waals surface area contributed by atoms with E-state index in [4.69, 9.17) is 0 Å². The van der Waals surface area contributed by atoms with E-state index in [-0.39, 0.29) is 12.3 Å². The van der Waals surface area contributed by atoms with Crippen molar-refractivity contribution >= 4 is 17.2 Å². The van der Waals surface area contributed by atoms with Gasteiger partial charge in [-0.1, -0.05) is 24.3 Å². The highest BCUT2D eigenvalue weighted by Crippen LogP contribution is 2.42. The molecule has 1 atom stereocenters. The molecule has 0 fully saturated rings. The van der Waals surface area contributed by atoms with Crippen LogP contribution in [0.4, 0.5) is 0 Å². The second-order valence-corrected chi connectivity index (χ2v) is 6.74. The molecule has 1 aliphatic rings. The number of aliphatic hydroxyl groups is 1. The SMILES string of the molecule is CN(C)C(=O)CC1(O)c2ccccc2CCc2sccc21. The van der Waals surface area contributed by atoms with Crippen LogP contribution in [0.1, 0.15) is 28.0 Å². The van der Waals surface area contributed by atoms with Crippen LogP contribution < -0.4 is 0 Å². The van der Waals surface area contributed by atoms with Crippen molar-refractivity contribution in [2.45, 2.75) is 24.9 Å². The summed E-state index contributed by atoms with van der Waals surface area (Å²) in [4.78, 5) is 15.0. The molecule has 3 nitrogen and oxygen atoms in total. The Balaban J connectivity index is 2.16. The number of nitrogens with zero attached hydrogens (tertiary/aromatic N) is 1. The zero-order chi connectivity index (χ0) is 15.0. The Kier molecular flexibility index (Phi) is 3.59. The summed E-state index contributed by atoms with van der Waals surface area (Å²) in [7, 11) is 3.45. The van der Waals surface area contributed by atoms with Crippen LogP contribution >= 0.6 is 11.3 Å². The quantitative estimate of drug-likeness (QED) is 0.926. The lowest BCUT2D eigenvalue weighted by molar-refractivity contribution is -0.132. The minimum Gasteiger partial charge on any atom is -0.380 e. The van der Waals surface area contributed by atoms with Gasteiger partial charge in [-0.15, -0.1) is 11.3 Å². The highest BCUT2D eigenvalue weighted by atomic mass is 32.1. The fourth-order valence-electron chi connectivity index (χ4n) is 3.01. The number of amides is 1. The average Bonchev–Trinajstić information content (AvgIpc) is 2.90. The van der Waals surface area contributed by atoms with Gasteiger partial charge in [-0.05, 0) is 35.4 Å². The van der Waals surface area contributed by atoms with E-state index in [1.54, 1.807) is 25.4 Å². The van der Waals surface area contributed by atoms with Crippen LogP contribution in [0.2, 0.25) is 0 Å². The van der Waals surface area contributed by atoms with Crippen molar-refractivity contribution in [2.24, 2.45) is 0 Å². The molecule has 1 unspecified atom stereocenters. The third-order valence-electron chi connectivity index (χ3n) is 4.18. The minimum absolute atomic E-state index is 0.0636. The molecule has 0 saturated heterocycles. The van der Waals surface area contributed by atoms with Gasteiger partial charge >= 0.3 is 0 Å². The fourth-order valence-corrected chi connectivity index (χ4v) is 3.96. The van der Waals surface area contributed by atoms with E-state index in [0.717, 1.165) is 29.5 Å². The molecule has 1 amide bonds. The van der Waals surface area contributed by atoms with Gasteiger partial charge in [0.05, 0.1) is 6.42 Å². The molecule has 110 valence electrons. The number of fused-ring (bicyclic) bond motifs is 2. The maximum atomic E-state index is 12.2. The summed E-state index contributed by atoms with van der Waals surface area (Å²) in [5.41, 5.74) is 1.68. The molecule has 1 aromatic carbocycles. The zero-order valence-corrected chi connectivity index (χ0v) is 13.1. The van der Waals surface area contributed by atoms with E-state index >= 15 is 0 Å². The Labute approximate surface area is 128 Å². The largest absolute Gasteiger partial charge is 0.380 e. The lowest BCUT2D eigenvalue weighted by atomic mass is 9.82. The van der Waals surface area contributed by atoms with Crippen molar-refractivity contribution in [1.82, 2.24) is 4.90 Å². The predicted molar refractivity (Wildman–Crippen MR) is 84.5 cm³/mol. The van der Waals surface area contributed by atoms with Gasteiger partial charge < -0.3 is 10.0 Å². The predicted octanol–water partition coefficient (Wildman–Crippen LogP) is 2.56. The molecule has 0 aliphatic heterocycles. The molecule has 1 N–H and O–H groups in total. The van der Waals surface area contributed by atoms with Crippen LogP contribution in [0.5, 0.6) is 0 Å². The Morgan fingerprint density at radius 1 is 1.24 bits per heavy atom. The maximum absolute atomic E-state index is 12.2. The van der Waals surface area contributed by atoms with E-state index in [1.807, 2.05) is 29.6 Å². The lowest BCUT2D eigenvalue weighted by Crippen LogP contribution is -2.35. The van der Waals surface area contributed by atoms with Crippen molar-refractivity contribution in [3.63, 3.8) is 0 Å². The summed E-state index contributed by atoms with van der Waals surface area (Å²) >= 11 is 1.66. The highest BCUT2D eigenvalue weighted by Gasteiger charge is 2.40. The number of hydrogen-bond donors (Lipinski definition) is 1. The molecule has 0 bridgehead atoms. The van der Waals surface area contributed by atoms with Crippen molar-refractivity contribution in [1.29, 1.82) is 0 Å². The van der Waals surface area contributed by atoms with Gasteiger partial charge in [0.1, 0.15) is 5.60 Å². The molecular formula is C17H19NO2S. The molecule has 1 aromatic heterocycles. The lowest BCUT2D eigenvalue weighted by Gasteiger charge is -2.30. The third kappa shape index (κ3) is 2.39. The van der Waals surface area contributed by atoms with Gasteiger partial charge in [-0.25, -0.2) is 0 Å². The summed E-state index contributed by atoms with van der Waals surface area (Å²) < 4.78 is 0. The molecule has 2 aromatic rings. The second-order valence-electron chi connectivity index (χ2n) is 5.74. The molecule has 1 heterocycles. The van der Waals surface area contributed by atoms with Crippen LogP contribution in [0, 0.1) is 0 Å². The Hall–Kier alpha value is -1.65. The zero-order valence-electron chi connectivity index (χ0n) is 12.3. The first-order chi connectivity index (χ1) is 10.0. The molecule has 4 heteroatoms. The van der Waals surface area contributed by atoms with Crippen LogP contribution in [0.15, 0.2) is 35.7 Å². The topological polar surface area (TPSA) is 40.5 Å². The van der Waals surface area contributed by atoms with E-state index < -0.39 is 5.60 Å². The van der Waals surface area contributed by atoms with Gasteiger partial charge in [0.25, 0.3) is 0 Å². The standard InChI is InChI=1S/C17H19NO2S/c1-18(2)16(19)11-17(20)13-6-4-3-5-12(13)7-8-15-14(17)9-10-21-15/h3-6,9-10,20H,7-8,11H2,1-2H3. The van der Waals surface area contributed by atoms with Crippen molar-refractivity contribution in [3.8, 4) is 0 Å². The first kappa shape index (κ1) is 14.3. The van der Waals surface area contributed by atoms with Crippen molar-refractivity contribution < 1.29 is 9.90 Å². The number of carbonyl (C=O) groups is 1. The number of aryl methyl sites for hydroxylation is 2. The number of rotatable bonds is 2. The van der Waals surface area contributed by atoms with Crippen LogP contribution in [-0.2, 0) is 23.2 Å².